The van der Waals surface area contributed by atoms with Crippen LogP contribution < -0.4 is 11.1 Å². The van der Waals surface area contributed by atoms with Gasteiger partial charge in [-0.1, -0.05) is 18.5 Å². The maximum atomic E-state index is 12.1. The van der Waals surface area contributed by atoms with E-state index in [-0.39, 0.29) is 18.6 Å². The second-order valence-corrected chi connectivity index (χ2v) is 4.69. The Labute approximate surface area is 118 Å². The monoisotopic (exact) mass is 285 g/mol. The number of amides is 1. The second-order valence-electron chi connectivity index (χ2n) is 4.25. The lowest BCUT2D eigenvalue weighted by atomic mass is 10.2. The van der Waals surface area contributed by atoms with Gasteiger partial charge in [0.05, 0.1) is 24.0 Å². The molecule has 1 rings (SSSR count). The molecule has 0 aliphatic carbocycles. The van der Waals surface area contributed by atoms with Crippen LogP contribution in [0.4, 0.5) is 11.4 Å². The molecule has 106 valence electrons. The van der Waals surface area contributed by atoms with Crippen LogP contribution in [0.15, 0.2) is 18.2 Å². The molecule has 0 aliphatic rings. The van der Waals surface area contributed by atoms with E-state index < -0.39 is 0 Å². The maximum absolute atomic E-state index is 12.1. The van der Waals surface area contributed by atoms with Crippen LogP contribution in [0.2, 0.25) is 5.02 Å². The number of aliphatic hydroxyl groups is 1. The molecular formula is C13H20ClN3O2. The Morgan fingerprint density at radius 2 is 2.26 bits per heavy atom. The molecule has 1 unspecified atom stereocenters. The molecule has 6 heteroatoms. The number of carbonyl (C=O) groups excluding carboxylic acids is 1. The van der Waals surface area contributed by atoms with Crippen LogP contribution in [-0.4, -0.2) is 41.7 Å². The largest absolute Gasteiger partial charge is 0.397 e. The second kappa shape index (κ2) is 7.33. The summed E-state index contributed by atoms with van der Waals surface area (Å²) in [5.74, 6) is -0.163. The highest BCUT2D eigenvalue weighted by atomic mass is 35.5. The number of nitrogens with one attached hydrogen (secondary N) is 1. The van der Waals surface area contributed by atoms with Gasteiger partial charge in [-0.05, 0) is 31.7 Å². The molecule has 0 bridgehead atoms. The van der Waals surface area contributed by atoms with E-state index in [9.17, 15) is 4.79 Å². The fraction of sp³-hybridized carbons (Fsp3) is 0.462. The van der Waals surface area contributed by atoms with Crippen molar-refractivity contribution in [2.75, 3.05) is 30.7 Å². The normalized spacial score (nSPS) is 12.5. The van der Waals surface area contributed by atoms with Crippen LogP contribution in [0.5, 0.6) is 0 Å². The summed E-state index contributed by atoms with van der Waals surface area (Å²) in [6.07, 6.45) is 0. The van der Waals surface area contributed by atoms with Gasteiger partial charge in [-0.3, -0.25) is 9.69 Å². The summed E-state index contributed by atoms with van der Waals surface area (Å²) in [4.78, 5) is 14.0. The number of nitrogens with two attached hydrogens (primary N) is 1. The highest BCUT2D eigenvalue weighted by Crippen LogP contribution is 2.22. The van der Waals surface area contributed by atoms with Gasteiger partial charge in [0.2, 0.25) is 5.91 Å². The molecule has 0 saturated heterocycles. The molecule has 1 atom stereocenters. The van der Waals surface area contributed by atoms with E-state index in [4.69, 9.17) is 22.4 Å². The average molecular weight is 286 g/mol. The van der Waals surface area contributed by atoms with Crippen LogP contribution in [0, 0.1) is 0 Å². The lowest BCUT2D eigenvalue weighted by molar-refractivity contribution is -0.120. The van der Waals surface area contributed by atoms with Gasteiger partial charge in [-0.2, -0.15) is 0 Å². The topological polar surface area (TPSA) is 78.6 Å². The van der Waals surface area contributed by atoms with Gasteiger partial charge in [0, 0.05) is 11.6 Å². The minimum atomic E-state index is -0.341. The van der Waals surface area contributed by atoms with E-state index in [0.29, 0.717) is 29.5 Å². The first-order valence-corrected chi connectivity index (χ1v) is 6.58. The van der Waals surface area contributed by atoms with E-state index in [0.717, 1.165) is 0 Å². The lowest BCUT2D eigenvalue weighted by Gasteiger charge is -2.26. The fourth-order valence-corrected chi connectivity index (χ4v) is 1.99. The number of carbonyl (C=O) groups is 1. The summed E-state index contributed by atoms with van der Waals surface area (Å²) < 4.78 is 0. The number of likely N-dealkylation sites (N-methyl/N-ethyl adjacent to an activating group) is 1. The molecule has 0 radical (unpaired) electrons. The van der Waals surface area contributed by atoms with Crippen molar-refractivity contribution in [1.82, 2.24) is 4.90 Å². The van der Waals surface area contributed by atoms with E-state index in [1.165, 1.54) is 0 Å². The van der Waals surface area contributed by atoms with E-state index in [2.05, 4.69) is 5.32 Å². The van der Waals surface area contributed by atoms with Gasteiger partial charge < -0.3 is 16.2 Å². The first-order chi connectivity index (χ1) is 8.99. The third kappa shape index (κ3) is 4.38. The number of aliphatic hydroxyl groups excluding tert-OH is 1. The van der Waals surface area contributed by atoms with E-state index in [1.807, 2.05) is 11.8 Å². The molecular weight excluding hydrogens is 266 g/mol. The van der Waals surface area contributed by atoms with E-state index in [1.54, 1.807) is 25.1 Å². The number of benzene rings is 1. The van der Waals surface area contributed by atoms with Gasteiger partial charge in [0.25, 0.3) is 0 Å². The van der Waals surface area contributed by atoms with Crippen molar-refractivity contribution in [2.24, 2.45) is 0 Å². The van der Waals surface area contributed by atoms with Crippen molar-refractivity contribution in [3.05, 3.63) is 23.2 Å². The van der Waals surface area contributed by atoms with Gasteiger partial charge in [0.1, 0.15) is 0 Å². The quantitative estimate of drug-likeness (QED) is 0.693. The molecule has 5 nitrogen and oxygen atoms in total. The SMILES string of the molecule is CCN(CCO)C(C)C(=O)Nc1ccc(Cl)cc1N. The van der Waals surface area contributed by atoms with Crippen LogP contribution in [0.25, 0.3) is 0 Å². The van der Waals surface area contributed by atoms with Crippen molar-refractivity contribution >= 4 is 28.9 Å². The number of anilines is 2. The zero-order valence-corrected chi connectivity index (χ0v) is 11.9. The van der Waals surface area contributed by atoms with Gasteiger partial charge in [-0.15, -0.1) is 0 Å². The molecule has 4 N–H and O–H groups in total. The summed E-state index contributed by atoms with van der Waals surface area (Å²) in [5.41, 5.74) is 6.76. The van der Waals surface area contributed by atoms with Crippen molar-refractivity contribution < 1.29 is 9.90 Å². The number of halogens is 1. The lowest BCUT2D eigenvalue weighted by Crippen LogP contribution is -2.43. The molecule has 0 fully saturated rings. The van der Waals surface area contributed by atoms with Crippen molar-refractivity contribution in [3.63, 3.8) is 0 Å². The Hall–Kier alpha value is -1.30. The predicted octanol–water partition coefficient (Wildman–Crippen LogP) is 1.56. The van der Waals surface area contributed by atoms with E-state index >= 15 is 0 Å². The van der Waals surface area contributed by atoms with Gasteiger partial charge in [0.15, 0.2) is 0 Å². The predicted molar refractivity (Wildman–Crippen MR) is 78.3 cm³/mol. The molecule has 0 aliphatic heterocycles. The average Bonchev–Trinajstić information content (AvgIpc) is 2.38. The van der Waals surface area contributed by atoms with Crippen molar-refractivity contribution in [2.45, 2.75) is 19.9 Å². The summed E-state index contributed by atoms with van der Waals surface area (Å²) in [6, 6.07) is 4.59. The number of rotatable bonds is 6. The minimum absolute atomic E-state index is 0.0224. The summed E-state index contributed by atoms with van der Waals surface area (Å²) in [5, 5.41) is 12.2. The third-order valence-electron chi connectivity index (χ3n) is 2.99. The Morgan fingerprint density at radius 3 is 2.79 bits per heavy atom. The third-order valence-corrected chi connectivity index (χ3v) is 3.23. The van der Waals surface area contributed by atoms with Crippen LogP contribution in [0.3, 0.4) is 0 Å². The highest BCUT2D eigenvalue weighted by Gasteiger charge is 2.20. The molecule has 1 amide bonds. The zero-order valence-electron chi connectivity index (χ0n) is 11.2. The standard InChI is InChI=1S/C13H20ClN3O2/c1-3-17(6-7-18)9(2)13(19)16-12-5-4-10(14)8-11(12)15/h4-5,8-9,18H,3,6-7,15H2,1-2H3,(H,16,19). The maximum Gasteiger partial charge on any atom is 0.241 e. The molecule has 19 heavy (non-hydrogen) atoms. The van der Waals surface area contributed by atoms with Crippen LogP contribution >= 0.6 is 11.6 Å². The number of hydrogen-bond donors (Lipinski definition) is 3. The molecule has 1 aromatic rings. The number of hydrogen-bond acceptors (Lipinski definition) is 4. The van der Waals surface area contributed by atoms with Crippen molar-refractivity contribution in [1.29, 1.82) is 0 Å². The first-order valence-electron chi connectivity index (χ1n) is 6.20. The van der Waals surface area contributed by atoms with Crippen molar-refractivity contribution in [3.8, 4) is 0 Å². The Bertz CT molecular complexity index is 440. The highest BCUT2D eigenvalue weighted by molar-refractivity contribution is 6.31. The van der Waals surface area contributed by atoms with Gasteiger partial charge >= 0.3 is 0 Å². The Morgan fingerprint density at radius 1 is 1.58 bits per heavy atom. The minimum Gasteiger partial charge on any atom is -0.397 e. The molecule has 0 saturated carbocycles. The smallest absolute Gasteiger partial charge is 0.241 e. The molecule has 0 aromatic heterocycles. The number of nitrogen functional groups attached to an aromatic ring is 1. The molecule has 0 spiro atoms. The first kappa shape index (κ1) is 15.8. The molecule has 0 heterocycles. The Kier molecular flexibility index (Phi) is 6.08. The summed E-state index contributed by atoms with van der Waals surface area (Å²) in [6.45, 7) is 4.90. The van der Waals surface area contributed by atoms with Crippen LogP contribution in [0.1, 0.15) is 13.8 Å². The fourth-order valence-electron chi connectivity index (χ4n) is 1.80. The zero-order chi connectivity index (χ0) is 14.4. The molecule has 1 aromatic carbocycles. The number of nitrogens with zero attached hydrogens (tertiary/aromatic N) is 1. The van der Waals surface area contributed by atoms with Gasteiger partial charge in [-0.25, -0.2) is 0 Å². The van der Waals surface area contributed by atoms with Crippen LogP contribution in [-0.2, 0) is 4.79 Å². The Balaban J connectivity index is 2.72. The summed E-state index contributed by atoms with van der Waals surface area (Å²) in [7, 11) is 0. The summed E-state index contributed by atoms with van der Waals surface area (Å²) >= 11 is 5.80.